The molecule has 1 saturated heterocycles. The summed E-state index contributed by atoms with van der Waals surface area (Å²) in [6.07, 6.45) is 4.02. The molecule has 0 aromatic heterocycles. The van der Waals surface area contributed by atoms with Gasteiger partial charge in [-0.15, -0.1) is 0 Å². The van der Waals surface area contributed by atoms with Crippen molar-refractivity contribution >= 4 is 39.9 Å². The van der Waals surface area contributed by atoms with Gasteiger partial charge in [-0.05, 0) is 37.6 Å². The van der Waals surface area contributed by atoms with E-state index in [1.165, 1.54) is 28.7 Å². The summed E-state index contributed by atoms with van der Waals surface area (Å²) < 4.78 is 0.647. The number of thiocarbonyl (C=S) groups is 1. The first-order chi connectivity index (χ1) is 11.4. The summed E-state index contributed by atoms with van der Waals surface area (Å²) in [6.45, 7) is 10.1. The van der Waals surface area contributed by atoms with Crippen LogP contribution in [0.15, 0.2) is 47.0 Å². The number of hydrogen-bond donors (Lipinski definition) is 0. The van der Waals surface area contributed by atoms with Crippen molar-refractivity contribution in [2.24, 2.45) is 0 Å². The van der Waals surface area contributed by atoms with Crippen LogP contribution in [0.25, 0.3) is 0 Å². The quantitative estimate of drug-likeness (QED) is 0.588. The predicted octanol–water partition coefficient (Wildman–Crippen LogP) is 4.45. The SMILES string of the molecule is CCN1C(=O)/C(=C\C=C2\N(CC)c3ccccc3C2(C)C)SC1=S. The van der Waals surface area contributed by atoms with Crippen LogP contribution < -0.4 is 4.90 Å². The average molecular weight is 359 g/mol. The Hall–Kier alpha value is -1.59. The van der Waals surface area contributed by atoms with Crippen LogP contribution >= 0.6 is 24.0 Å². The van der Waals surface area contributed by atoms with Gasteiger partial charge in [-0.1, -0.05) is 56.0 Å². The zero-order valence-corrected chi connectivity index (χ0v) is 16.1. The van der Waals surface area contributed by atoms with Crippen molar-refractivity contribution in [2.75, 3.05) is 18.0 Å². The van der Waals surface area contributed by atoms with E-state index in [0.717, 1.165) is 6.54 Å². The van der Waals surface area contributed by atoms with Gasteiger partial charge in [0.25, 0.3) is 5.91 Å². The summed E-state index contributed by atoms with van der Waals surface area (Å²) in [5.74, 6) is 0.0146. The Morgan fingerprint density at radius 1 is 1.12 bits per heavy atom. The summed E-state index contributed by atoms with van der Waals surface area (Å²) in [7, 11) is 0. The fraction of sp³-hybridized carbons (Fsp3) is 0.368. The van der Waals surface area contributed by atoms with Gasteiger partial charge in [0.15, 0.2) is 0 Å². The van der Waals surface area contributed by atoms with E-state index in [0.29, 0.717) is 15.8 Å². The van der Waals surface area contributed by atoms with Gasteiger partial charge in [0.2, 0.25) is 0 Å². The maximum atomic E-state index is 12.4. The molecule has 3 nitrogen and oxygen atoms in total. The molecule has 1 aromatic carbocycles. The number of benzene rings is 1. The van der Waals surface area contributed by atoms with Crippen LogP contribution in [0.5, 0.6) is 0 Å². The van der Waals surface area contributed by atoms with Crippen LogP contribution in [0.4, 0.5) is 5.69 Å². The van der Waals surface area contributed by atoms with E-state index in [4.69, 9.17) is 12.2 Å². The minimum atomic E-state index is -0.0824. The molecule has 0 aliphatic carbocycles. The molecule has 0 bridgehead atoms. The van der Waals surface area contributed by atoms with Crippen molar-refractivity contribution in [1.82, 2.24) is 4.90 Å². The molecule has 5 heteroatoms. The normalized spacial score (nSPS) is 22.8. The highest BCUT2D eigenvalue weighted by Gasteiger charge is 2.39. The first-order valence-electron chi connectivity index (χ1n) is 8.25. The highest BCUT2D eigenvalue weighted by atomic mass is 32.2. The van der Waals surface area contributed by atoms with Crippen molar-refractivity contribution in [3.8, 4) is 0 Å². The summed E-state index contributed by atoms with van der Waals surface area (Å²) in [5, 5.41) is 0. The molecular weight excluding hydrogens is 336 g/mol. The molecule has 2 heterocycles. The van der Waals surface area contributed by atoms with Crippen molar-refractivity contribution in [1.29, 1.82) is 0 Å². The second-order valence-corrected chi connectivity index (χ2v) is 8.06. The van der Waals surface area contributed by atoms with Crippen molar-refractivity contribution in [2.45, 2.75) is 33.1 Å². The highest BCUT2D eigenvalue weighted by molar-refractivity contribution is 8.26. The van der Waals surface area contributed by atoms with Gasteiger partial charge in [-0.25, -0.2) is 0 Å². The molecule has 0 saturated carbocycles. The minimum absolute atomic E-state index is 0.0146. The molecule has 2 aliphatic rings. The van der Waals surface area contributed by atoms with Crippen molar-refractivity contribution in [3.05, 3.63) is 52.6 Å². The fourth-order valence-corrected chi connectivity index (χ4v) is 4.75. The van der Waals surface area contributed by atoms with Crippen LogP contribution in [-0.2, 0) is 10.2 Å². The highest BCUT2D eigenvalue weighted by Crippen LogP contribution is 2.47. The predicted molar refractivity (Wildman–Crippen MR) is 106 cm³/mol. The number of amides is 1. The van der Waals surface area contributed by atoms with Crippen LogP contribution in [0.1, 0.15) is 33.3 Å². The van der Waals surface area contributed by atoms with Crippen LogP contribution in [-0.4, -0.2) is 28.2 Å². The molecule has 3 rings (SSSR count). The van der Waals surface area contributed by atoms with Crippen molar-refractivity contribution < 1.29 is 4.79 Å². The van der Waals surface area contributed by atoms with Gasteiger partial charge >= 0.3 is 0 Å². The first-order valence-corrected chi connectivity index (χ1v) is 9.47. The lowest BCUT2D eigenvalue weighted by molar-refractivity contribution is -0.122. The van der Waals surface area contributed by atoms with E-state index in [1.807, 2.05) is 13.0 Å². The molecule has 1 fully saturated rings. The van der Waals surface area contributed by atoms with E-state index in [1.54, 1.807) is 4.90 Å². The fourth-order valence-electron chi connectivity index (χ4n) is 3.42. The standard InChI is InChI=1S/C19H22N2OS2/c1-5-20-14-10-8-7-9-13(14)19(3,4)16(20)12-11-15-17(22)21(6-2)18(23)24-15/h7-12H,5-6H2,1-4H3/b15-11+,16-12+. The second-order valence-electron chi connectivity index (χ2n) is 6.39. The Morgan fingerprint density at radius 3 is 2.42 bits per heavy atom. The average Bonchev–Trinajstić information content (AvgIpc) is 2.96. The topological polar surface area (TPSA) is 23.6 Å². The number of carbonyl (C=O) groups excluding carboxylic acids is 1. The number of carbonyl (C=O) groups is 1. The van der Waals surface area contributed by atoms with Crippen molar-refractivity contribution in [3.63, 3.8) is 0 Å². The third kappa shape index (κ3) is 2.60. The van der Waals surface area contributed by atoms with E-state index in [-0.39, 0.29) is 11.3 Å². The molecule has 0 radical (unpaired) electrons. The molecule has 1 aromatic rings. The van der Waals surface area contributed by atoms with Gasteiger partial charge in [-0.2, -0.15) is 0 Å². The lowest BCUT2D eigenvalue weighted by atomic mass is 9.84. The Morgan fingerprint density at radius 2 is 1.79 bits per heavy atom. The van der Waals surface area contributed by atoms with Gasteiger partial charge in [-0.3, -0.25) is 9.69 Å². The number of likely N-dealkylation sites (N-methyl/N-ethyl adjacent to an activating group) is 2. The number of rotatable bonds is 3. The maximum Gasteiger partial charge on any atom is 0.266 e. The first kappa shape index (κ1) is 17.2. The lowest BCUT2D eigenvalue weighted by Gasteiger charge is -2.25. The molecule has 0 unspecified atom stereocenters. The number of thioether (sulfide) groups is 1. The van der Waals surface area contributed by atoms with E-state index < -0.39 is 0 Å². The molecule has 24 heavy (non-hydrogen) atoms. The number of allylic oxidation sites excluding steroid dienone is 3. The second kappa shape index (κ2) is 6.37. The Kier molecular flexibility index (Phi) is 4.58. The summed E-state index contributed by atoms with van der Waals surface area (Å²) in [5.41, 5.74) is 3.72. The summed E-state index contributed by atoms with van der Waals surface area (Å²) >= 11 is 6.68. The Labute approximate surface area is 153 Å². The van der Waals surface area contributed by atoms with E-state index in [2.05, 4.69) is 56.0 Å². The van der Waals surface area contributed by atoms with Crippen LogP contribution in [0.2, 0.25) is 0 Å². The third-order valence-electron chi connectivity index (χ3n) is 4.70. The third-order valence-corrected chi connectivity index (χ3v) is 6.09. The molecule has 0 atom stereocenters. The van der Waals surface area contributed by atoms with Gasteiger partial charge in [0.1, 0.15) is 4.32 Å². The maximum absolute atomic E-state index is 12.4. The number of hydrogen-bond acceptors (Lipinski definition) is 4. The number of anilines is 1. The number of nitrogens with zero attached hydrogens (tertiary/aromatic N) is 2. The largest absolute Gasteiger partial charge is 0.344 e. The van der Waals surface area contributed by atoms with Crippen LogP contribution in [0, 0.1) is 0 Å². The monoisotopic (exact) mass is 358 g/mol. The zero-order valence-electron chi connectivity index (χ0n) is 14.5. The summed E-state index contributed by atoms with van der Waals surface area (Å²) in [6, 6.07) is 8.52. The van der Waals surface area contributed by atoms with Gasteiger partial charge in [0, 0.05) is 29.9 Å². The van der Waals surface area contributed by atoms with Gasteiger partial charge < -0.3 is 4.90 Å². The number of para-hydroxylation sites is 1. The Balaban J connectivity index is 2.00. The zero-order chi connectivity index (χ0) is 17.5. The molecule has 126 valence electrons. The van der Waals surface area contributed by atoms with E-state index >= 15 is 0 Å². The minimum Gasteiger partial charge on any atom is -0.344 e. The van der Waals surface area contributed by atoms with Gasteiger partial charge in [0.05, 0.1) is 4.91 Å². The lowest BCUT2D eigenvalue weighted by Crippen LogP contribution is -2.27. The molecular formula is C19H22N2OS2. The smallest absolute Gasteiger partial charge is 0.266 e. The molecule has 0 N–H and O–H groups in total. The molecule has 1 amide bonds. The molecule has 0 spiro atoms. The summed E-state index contributed by atoms with van der Waals surface area (Å²) in [4.78, 5) is 17.1. The number of fused-ring (bicyclic) bond motifs is 1. The molecule has 2 aliphatic heterocycles. The van der Waals surface area contributed by atoms with E-state index in [9.17, 15) is 4.79 Å². The Bertz CT molecular complexity index is 764. The van der Waals surface area contributed by atoms with Crippen LogP contribution in [0.3, 0.4) is 0 Å².